The van der Waals surface area contributed by atoms with Gasteiger partial charge in [0.15, 0.2) is 5.82 Å². The molecule has 1 fully saturated rings. The quantitative estimate of drug-likeness (QED) is 0.468. The third-order valence-electron chi connectivity index (χ3n) is 5.24. The van der Waals surface area contributed by atoms with Crippen molar-refractivity contribution in [3.63, 3.8) is 0 Å². The topological polar surface area (TPSA) is 80.5 Å². The van der Waals surface area contributed by atoms with E-state index in [0.717, 1.165) is 36.3 Å². The van der Waals surface area contributed by atoms with E-state index >= 15 is 0 Å². The van der Waals surface area contributed by atoms with Crippen LogP contribution in [-0.2, 0) is 10.0 Å². The summed E-state index contributed by atoms with van der Waals surface area (Å²) >= 11 is 0. The average Bonchev–Trinajstić information content (AvgIpc) is 3.49. The second-order valence-corrected chi connectivity index (χ2v) is 9.31. The highest BCUT2D eigenvalue weighted by Gasteiger charge is 2.33. The SMILES string of the molecule is CCCN(c1nc2ccccc2n2c(C3CC3)nnc12)S(=O)(=O)c1ccc(F)cc1. The van der Waals surface area contributed by atoms with Crippen LogP contribution in [0.3, 0.4) is 0 Å². The summed E-state index contributed by atoms with van der Waals surface area (Å²) in [6, 6.07) is 12.4. The van der Waals surface area contributed by atoms with Crippen molar-refractivity contribution in [1.82, 2.24) is 19.6 Å². The van der Waals surface area contributed by atoms with Crippen molar-refractivity contribution < 1.29 is 12.8 Å². The molecule has 0 bridgehead atoms. The number of anilines is 1. The van der Waals surface area contributed by atoms with Crippen molar-refractivity contribution in [2.75, 3.05) is 10.8 Å². The van der Waals surface area contributed by atoms with Crippen LogP contribution in [0.15, 0.2) is 53.4 Å². The van der Waals surface area contributed by atoms with E-state index in [-0.39, 0.29) is 17.3 Å². The standard InChI is InChI=1S/C21H20FN5O2S/c1-2-13-26(30(28,29)16-11-9-15(22)10-12-16)20-21-25-24-19(14-7-8-14)27(21)18-6-4-3-5-17(18)23-20/h3-6,9-12,14H,2,7-8,13H2,1H3. The monoisotopic (exact) mass is 425 g/mol. The molecule has 0 amide bonds. The molecule has 1 aliphatic rings. The Morgan fingerprint density at radius 2 is 1.83 bits per heavy atom. The van der Waals surface area contributed by atoms with Crippen molar-refractivity contribution in [3.05, 3.63) is 60.2 Å². The van der Waals surface area contributed by atoms with E-state index in [9.17, 15) is 12.8 Å². The van der Waals surface area contributed by atoms with Crippen LogP contribution in [0.4, 0.5) is 10.2 Å². The van der Waals surface area contributed by atoms with Crippen LogP contribution in [-0.4, -0.2) is 34.5 Å². The lowest BCUT2D eigenvalue weighted by Gasteiger charge is -2.23. The largest absolute Gasteiger partial charge is 0.274 e. The van der Waals surface area contributed by atoms with E-state index in [1.54, 1.807) is 0 Å². The van der Waals surface area contributed by atoms with Crippen LogP contribution in [0.1, 0.15) is 37.9 Å². The Balaban J connectivity index is 1.77. The molecule has 5 rings (SSSR count). The highest BCUT2D eigenvalue weighted by Crippen LogP contribution is 2.41. The zero-order chi connectivity index (χ0) is 20.9. The maximum absolute atomic E-state index is 13.5. The molecule has 0 aliphatic heterocycles. The van der Waals surface area contributed by atoms with Gasteiger partial charge in [-0.3, -0.25) is 4.40 Å². The molecule has 0 atom stereocenters. The number of aromatic nitrogens is 4. The fraction of sp³-hybridized carbons (Fsp3) is 0.286. The first-order chi connectivity index (χ1) is 14.5. The first-order valence-corrected chi connectivity index (χ1v) is 11.4. The number of benzene rings is 2. The molecule has 0 radical (unpaired) electrons. The Labute approximate surface area is 173 Å². The van der Waals surface area contributed by atoms with Gasteiger partial charge in [0.2, 0.25) is 5.65 Å². The van der Waals surface area contributed by atoms with Crippen LogP contribution in [0, 0.1) is 5.82 Å². The fourth-order valence-electron chi connectivity index (χ4n) is 3.64. The zero-order valence-corrected chi connectivity index (χ0v) is 17.2. The number of halogens is 1. The number of fused-ring (bicyclic) bond motifs is 3. The van der Waals surface area contributed by atoms with Crippen LogP contribution in [0.2, 0.25) is 0 Å². The summed E-state index contributed by atoms with van der Waals surface area (Å²) in [5, 5.41) is 8.72. The number of sulfonamides is 1. The number of nitrogens with zero attached hydrogens (tertiary/aromatic N) is 5. The van der Waals surface area contributed by atoms with Crippen LogP contribution in [0.25, 0.3) is 16.7 Å². The van der Waals surface area contributed by atoms with Gasteiger partial charge in [-0.05, 0) is 55.7 Å². The van der Waals surface area contributed by atoms with Gasteiger partial charge >= 0.3 is 0 Å². The number of hydrogen-bond acceptors (Lipinski definition) is 5. The minimum absolute atomic E-state index is 0.00684. The van der Waals surface area contributed by atoms with Gasteiger partial charge in [-0.2, -0.15) is 0 Å². The van der Waals surface area contributed by atoms with Gasteiger partial charge in [0, 0.05) is 12.5 Å². The first-order valence-electron chi connectivity index (χ1n) is 9.93. The molecule has 7 nitrogen and oxygen atoms in total. The summed E-state index contributed by atoms with van der Waals surface area (Å²) in [6.07, 6.45) is 2.66. The Bertz CT molecular complexity index is 1350. The minimum atomic E-state index is -3.97. The predicted octanol–water partition coefficient (Wildman–Crippen LogP) is 3.90. The van der Waals surface area contributed by atoms with Crippen molar-refractivity contribution in [2.24, 2.45) is 0 Å². The van der Waals surface area contributed by atoms with Gasteiger partial charge in [0.25, 0.3) is 10.0 Å². The summed E-state index contributed by atoms with van der Waals surface area (Å²) in [6.45, 7) is 2.11. The van der Waals surface area contributed by atoms with E-state index in [4.69, 9.17) is 0 Å². The van der Waals surface area contributed by atoms with E-state index in [0.29, 0.717) is 23.5 Å². The summed E-state index contributed by atoms with van der Waals surface area (Å²) in [5.74, 6) is 0.903. The summed E-state index contributed by atoms with van der Waals surface area (Å²) in [4.78, 5) is 4.68. The molecule has 1 saturated carbocycles. The molecule has 0 spiro atoms. The lowest BCUT2D eigenvalue weighted by atomic mass is 10.3. The second kappa shape index (κ2) is 7.02. The van der Waals surface area contributed by atoms with Gasteiger partial charge in [-0.25, -0.2) is 22.1 Å². The Morgan fingerprint density at radius 1 is 1.10 bits per heavy atom. The zero-order valence-electron chi connectivity index (χ0n) is 16.4. The van der Waals surface area contributed by atoms with Crippen LogP contribution in [0.5, 0.6) is 0 Å². The summed E-state index contributed by atoms with van der Waals surface area (Å²) in [5.41, 5.74) is 1.92. The second-order valence-electron chi connectivity index (χ2n) is 7.45. The van der Waals surface area contributed by atoms with Gasteiger partial charge in [0.1, 0.15) is 11.6 Å². The molecule has 1 aliphatic carbocycles. The number of hydrogen-bond donors (Lipinski definition) is 0. The third kappa shape index (κ3) is 3.00. The number of rotatable bonds is 6. The minimum Gasteiger partial charge on any atom is -0.274 e. The highest BCUT2D eigenvalue weighted by molar-refractivity contribution is 7.92. The average molecular weight is 425 g/mol. The van der Waals surface area contributed by atoms with E-state index in [1.807, 2.05) is 35.6 Å². The molecule has 154 valence electrons. The number of para-hydroxylation sites is 2. The molecule has 4 aromatic rings. The molecule has 2 aromatic heterocycles. The smallest absolute Gasteiger partial charge is 0.265 e. The van der Waals surface area contributed by atoms with E-state index < -0.39 is 15.8 Å². The molecule has 2 aromatic carbocycles. The van der Waals surface area contributed by atoms with Crippen molar-refractivity contribution in [2.45, 2.75) is 37.0 Å². The van der Waals surface area contributed by atoms with Gasteiger partial charge in [-0.1, -0.05) is 19.1 Å². The Hall–Kier alpha value is -3.07. The van der Waals surface area contributed by atoms with Crippen LogP contribution < -0.4 is 4.31 Å². The molecule has 0 unspecified atom stereocenters. The molecule has 9 heteroatoms. The molecule has 0 saturated heterocycles. The van der Waals surface area contributed by atoms with Gasteiger partial charge in [0.05, 0.1) is 15.9 Å². The molecule has 2 heterocycles. The fourth-order valence-corrected chi connectivity index (χ4v) is 5.15. The lowest BCUT2D eigenvalue weighted by Crippen LogP contribution is -2.33. The molecule has 0 N–H and O–H groups in total. The van der Waals surface area contributed by atoms with E-state index in [2.05, 4.69) is 15.2 Å². The first kappa shape index (κ1) is 18.9. The predicted molar refractivity (Wildman–Crippen MR) is 111 cm³/mol. The maximum Gasteiger partial charge on any atom is 0.265 e. The lowest BCUT2D eigenvalue weighted by molar-refractivity contribution is 0.588. The molecular formula is C21H20FN5O2S. The molecule has 30 heavy (non-hydrogen) atoms. The van der Waals surface area contributed by atoms with Crippen LogP contribution >= 0.6 is 0 Å². The van der Waals surface area contributed by atoms with Crippen molar-refractivity contribution in [1.29, 1.82) is 0 Å². The highest BCUT2D eigenvalue weighted by atomic mass is 32.2. The Morgan fingerprint density at radius 3 is 2.53 bits per heavy atom. The molecular weight excluding hydrogens is 405 g/mol. The summed E-state index contributed by atoms with van der Waals surface area (Å²) < 4.78 is 43.5. The third-order valence-corrected chi connectivity index (χ3v) is 7.05. The van der Waals surface area contributed by atoms with Gasteiger partial charge in [-0.15, -0.1) is 10.2 Å². The Kier molecular flexibility index (Phi) is 4.43. The normalized spacial score (nSPS) is 14.5. The van der Waals surface area contributed by atoms with Crippen molar-refractivity contribution >= 4 is 32.5 Å². The summed E-state index contributed by atoms with van der Waals surface area (Å²) in [7, 11) is -3.97. The van der Waals surface area contributed by atoms with Gasteiger partial charge < -0.3 is 0 Å². The van der Waals surface area contributed by atoms with E-state index in [1.165, 1.54) is 16.4 Å². The van der Waals surface area contributed by atoms with Crippen molar-refractivity contribution in [3.8, 4) is 0 Å². The maximum atomic E-state index is 13.5.